The first-order chi connectivity index (χ1) is 8.50. The van der Waals surface area contributed by atoms with E-state index in [2.05, 4.69) is 40.7 Å². The molecule has 98 valence electrons. The fraction of sp³-hybridized carbons (Fsp3) is 0.500. The Balaban J connectivity index is 2.40. The number of nitrogens with zero attached hydrogens (tertiary/aromatic N) is 1. The normalized spacial score (nSPS) is 24.1. The Kier molecular flexibility index (Phi) is 3.95. The Bertz CT molecular complexity index is 458. The molecular weight excluding hydrogens is 290 g/mol. The maximum Gasteiger partial charge on any atom is 0.124 e. The maximum absolute atomic E-state index is 7.74. The predicted octanol–water partition coefficient (Wildman–Crippen LogP) is 3.36. The second-order valence-corrected chi connectivity index (χ2v) is 6.04. The van der Waals surface area contributed by atoms with Gasteiger partial charge in [0.2, 0.25) is 0 Å². The van der Waals surface area contributed by atoms with Gasteiger partial charge >= 0.3 is 0 Å². The van der Waals surface area contributed by atoms with Crippen molar-refractivity contribution in [3.63, 3.8) is 0 Å². The number of piperidine rings is 1. The Morgan fingerprint density at radius 2 is 2.17 bits per heavy atom. The minimum Gasteiger partial charge on any atom is -0.384 e. The largest absolute Gasteiger partial charge is 0.384 e. The average molecular weight is 310 g/mol. The molecule has 0 bridgehead atoms. The molecule has 2 rings (SSSR count). The highest BCUT2D eigenvalue weighted by Crippen LogP contribution is 2.32. The summed E-state index contributed by atoms with van der Waals surface area (Å²) < 4.78 is 0.967. The lowest BCUT2D eigenvalue weighted by Gasteiger charge is -2.40. The highest BCUT2D eigenvalue weighted by Gasteiger charge is 2.26. The summed E-state index contributed by atoms with van der Waals surface area (Å²) in [6.07, 6.45) is 2.49. The van der Waals surface area contributed by atoms with E-state index in [9.17, 15) is 0 Å². The van der Waals surface area contributed by atoms with Gasteiger partial charge < -0.3 is 10.6 Å². The van der Waals surface area contributed by atoms with Crippen LogP contribution in [0.2, 0.25) is 0 Å². The monoisotopic (exact) mass is 309 g/mol. The standard InChI is InChI=1S/C14H20BrN3/c1-9-4-3-7-18(10(9)2)13-6-5-11(15)8-12(13)14(16)17/h5-6,8-10H,3-4,7H2,1-2H3,(H3,16,17). The lowest BCUT2D eigenvalue weighted by Crippen LogP contribution is -2.43. The lowest BCUT2D eigenvalue weighted by molar-refractivity contribution is 0.363. The highest BCUT2D eigenvalue weighted by molar-refractivity contribution is 9.10. The number of hydrogen-bond donors (Lipinski definition) is 2. The van der Waals surface area contributed by atoms with E-state index in [0.29, 0.717) is 12.0 Å². The minimum atomic E-state index is 0.136. The number of hydrogen-bond acceptors (Lipinski definition) is 2. The number of nitrogens with two attached hydrogens (primary N) is 1. The van der Waals surface area contributed by atoms with E-state index in [-0.39, 0.29) is 5.84 Å². The van der Waals surface area contributed by atoms with E-state index in [0.717, 1.165) is 22.3 Å². The molecule has 0 radical (unpaired) electrons. The van der Waals surface area contributed by atoms with Crippen LogP contribution in [0.4, 0.5) is 5.69 Å². The van der Waals surface area contributed by atoms with Gasteiger partial charge in [-0.1, -0.05) is 22.9 Å². The van der Waals surface area contributed by atoms with Gasteiger partial charge in [-0.25, -0.2) is 0 Å². The van der Waals surface area contributed by atoms with Crippen LogP contribution in [0.5, 0.6) is 0 Å². The van der Waals surface area contributed by atoms with Crippen LogP contribution in [0.3, 0.4) is 0 Å². The number of nitrogen functional groups attached to an aromatic ring is 1. The molecule has 0 aromatic heterocycles. The Hall–Kier alpha value is -1.03. The van der Waals surface area contributed by atoms with Crippen LogP contribution in [0.25, 0.3) is 0 Å². The smallest absolute Gasteiger partial charge is 0.124 e. The quantitative estimate of drug-likeness (QED) is 0.650. The molecule has 18 heavy (non-hydrogen) atoms. The second-order valence-electron chi connectivity index (χ2n) is 5.13. The molecule has 0 saturated carbocycles. The van der Waals surface area contributed by atoms with Crippen molar-refractivity contribution < 1.29 is 0 Å². The van der Waals surface area contributed by atoms with E-state index in [1.165, 1.54) is 12.8 Å². The first-order valence-electron chi connectivity index (χ1n) is 6.41. The molecule has 0 aliphatic carbocycles. The molecule has 2 unspecified atom stereocenters. The van der Waals surface area contributed by atoms with Crippen LogP contribution in [0.1, 0.15) is 32.3 Å². The molecule has 1 fully saturated rings. The van der Waals surface area contributed by atoms with Crippen molar-refractivity contribution in [1.29, 1.82) is 5.41 Å². The number of nitrogens with one attached hydrogen (secondary N) is 1. The van der Waals surface area contributed by atoms with E-state index >= 15 is 0 Å². The van der Waals surface area contributed by atoms with Crippen LogP contribution in [0.15, 0.2) is 22.7 Å². The predicted molar refractivity (Wildman–Crippen MR) is 80.4 cm³/mol. The summed E-state index contributed by atoms with van der Waals surface area (Å²) in [5.74, 6) is 0.818. The van der Waals surface area contributed by atoms with Gasteiger partial charge in [0.15, 0.2) is 0 Å². The van der Waals surface area contributed by atoms with Gasteiger partial charge in [0, 0.05) is 28.3 Å². The molecule has 2 atom stereocenters. The van der Waals surface area contributed by atoms with Crippen LogP contribution in [-0.4, -0.2) is 18.4 Å². The van der Waals surface area contributed by atoms with Crippen molar-refractivity contribution in [2.75, 3.05) is 11.4 Å². The van der Waals surface area contributed by atoms with E-state index in [1.807, 2.05) is 12.1 Å². The zero-order chi connectivity index (χ0) is 13.3. The maximum atomic E-state index is 7.74. The van der Waals surface area contributed by atoms with Gasteiger partial charge in [-0.05, 0) is 43.9 Å². The molecule has 4 heteroatoms. The first kappa shape index (κ1) is 13.4. The van der Waals surface area contributed by atoms with Gasteiger partial charge in [-0.2, -0.15) is 0 Å². The fourth-order valence-corrected chi connectivity index (χ4v) is 3.01. The highest BCUT2D eigenvalue weighted by atomic mass is 79.9. The van der Waals surface area contributed by atoms with Gasteiger partial charge in [-0.3, -0.25) is 5.41 Å². The SMILES string of the molecule is CC1CCCN(c2ccc(Br)cc2C(=N)N)C1C. The second kappa shape index (κ2) is 5.31. The number of anilines is 1. The van der Waals surface area contributed by atoms with Crippen molar-refractivity contribution >= 4 is 27.5 Å². The zero-order valence-corrected chi connectivity index (χ0v) is 12.5. The minimum absolute atomic E-state index is 0.136. The number of amidine groups is 1. The van der Waals surface area contributed by atoms with Gasteiger partial charge in [0.05, 0.1) is 0 Å². The summed E-state index contributed by atoms with van der Waals surface area (Å²) in [4.78, 5) is 2.39. The van der Waals surface area contributed by atoms with E-state index in [4.69, 9.17) is 11.1 Å². The molecular formula is C14H20BrN3. The van der Waals surface area contributed by atoms with Crippen LogP contribution >= 0.6 is 15.9 Å². The van der Waals surface area contributed by atoms with Gasteiger partial charge in [0.1, 0.15) is 5.84 Å². The fourth-order valence-electron chi connectivity index (χ4n) is 2.65. The molecule has 1 aromatic rings. The lowest BCUT2D eigenvalue weighted by atomic mass is 9.91. The molecule has 0 spiro atoms. The molecule has 1 heterocycles. The molecule has 1 aliphatic rings. The van der Waals surface area contributed by atoms with Crippen LogP contribution < -0.4 is 10.6 Å². The van der Waals surface area contributed by atoms with Gasteiger partial charge in [0.25, 0.3) is 0 Å². The molecule has 1 aromatic carbocycles. The zero-order valence-electron chi connectivity index (χ0n) is 10.9. The molecule has 3 nitrogen and oxygen atoms in total. The third kappa shape index (κ3) is 2.53. The van der Waals surface area contributed by atoms with Crippen LogP contribution in [0, 0.1) is 11.3 Å². The van der Waals surface area contributed by atoms with E-state index in [1.54, 1.807) is 0 Å². The van der Waals surface area contributed by atoms with Gasteiger partial charge in [-0.15, -0.1) is 0 Å². The third-order valence-electron chi connectivity index (χ3n) is 3.93. The Labute approximate surface area is 117 Å². The third-order valence-corrected chi connectivity index (χ3v) is 4.43. The molecule has 0 amide bonds. The Morgan fingerprint density at radius 3 is 2.83 bits per heavy atom. The number of halogens is 1. The van der Waals surface area contributed by atoms with Crippen molar-refractivity contribution in [2.24, 2.45) is 11.7 Å². The molecule has 1 saturated heterocycles. The summed E-state index contributed by atoms with van der Waals surface area (Å²) in [5, 5.41) is 7.74. The topological polar surface area (TPSA) is 53.1 Å². The van der Waals surface area contributed by atoms with Crippen molar-refractivity contribution in [2.45, 2.75) is 32.7 Å². The van der Waals surface area contributed by atoms with Crippen molar-refractivity contribution in [1.82, 2.24) is 0 Å². The average Bonchev–Trinajstić information content (AvgIpc) is 2.33. The van der Waals surface area contributed by atoms with Crippen LogP contribution in [-0.2, 0) is 0 Å². The Morgan fingerprint density at radius 1 is 1.44 bits per heavy atom. The van der Waals surface area contributed by atoms with Crippen molar-refractivity contribution in [3.05, 3.63) is 28.2 Å². The first-order valence-corrected chi connectivity index (χ1v) is 7.20. The van der Waals surface area contributed by atoms with Crippen molar-refractivity contribution in [3.8, 4) is 0 Å². The summed E-state index contributed by atoms with van der Waals surface area (Å²) in [6, 6.07) is 6.52. The summed E-state index contributed by atoms with van der Waals surface area (Å²) in [5.41, 5.74) is 7.62. The van der Waals surface area contributed by atoms with E-state index < -0.39 is 0 Å². The summed E-state index contributed by atoms with van der Waals surface area (Å²) in [6.45, 7) is 5.60. The molecule has 1 aliphatic heterocycles. The summed E-state index contributed by atoms with van der Waals surface area (Å²) >= 11 is 3.44. The number of rotatable bonds is 2. The number of benzene rings is 1. The molecule has 3 N–H and O–H groups in total. The summed E-state index contributed by atoms with van der Waals surface area (Å²) in [7, 11) is 0.